The summed E-state index contributed by atoms with van der Waals surface area (Å²) in [5.74, 6) is 0.0906. The second-order valence-corrected chi connectivity index (χ2v) is 12.1. The standard InChI is InChI=1S/C28H39Cl2N3O5S/c1-6-20(4)31-28(35)26(7-2)32(19-23-24(29)11-9-12-25(23)30)27(34)13-10-18-33(39(5,36)37)21-14-16-22(17-15-21)38-8-3/h9,11-12,14-17,20,26H,6-8,10,13,18-19H2,1-5H3,(H,31,35)/t20-,26-/m1/s1. The van der Waals surface area contributed by atoms with E-state index >= 15 is 0 Å². The molecule has 8 nitrogen and oxygen atoms in total. The minimum atomic E-state index is -3.60. The highest BCUT2D eigenvalue weighted by Gasteiger charge is 2.30. The van der Waals surface area contributed by atoms with Gasteiger partial charge in [-0.05, 0) is 69.5 Å². The number of amides is 2. The van der Waals surface area contributed by atoms with Crippen molar-refractivity contribution in [3.63, 3.8) is 0 Å². The van der Waals surface area contributed by atoms with Gasteiger partial charge in [0, 0.05) is 41.2 Å². The van der Waals surface area contributed by atoms with Crippen molar-refractivity contribution in [1.29, 1.82) is 0 Å². The summed E-state index contributed by atoms with van der Waals surface area (Å²) in [5, 5.41) is 3.76. The smallest absolute Gasteiger partial charge is 0.243 e. The van der Waals surface area contributed by atoms with Crippen LogP contribution in [0.15, 0.2) is 42.5 Å². The topological polar surface area (TPSA) is 96.0 Å². The Hall–Kier alpha value is -2.49. The number of rotatable bonds is 15. The number of hydrogen-bond acceptors (Lipinski definition) is 5. The lowest BCUT2D eigenvalue weighted by Crippen LogP contribution is -2.50. The van der Waals surface area contributed by atoms with Gasteiger partial charge in [-0.25, -0.2) is 8.42 Å². The number of nitrogens with one attached hydrogen (secondary N) is 1. The van der Waals surface area contributed by atoms with Crippen LogP contribution >= 0.6 is 23.2 Å². The van der Waals surface area contributed by atoms with E-state index in [0.29, 0.717) is 40.1 Å². The number of ether oxygens (including phenoxy) is 1. The monoisotopic (exact) mass is 599 g/mol. The Morgan fingerprint density at radius 2 is 1.62 bits per heavy atom. The third-order valence-electron chi connectivity index (χ3n) is 6.36. The molecule has 0 aliphatic heterocycles. The molecule has 0 bridgehead atoms. The van der Waals surface area contributed by atoms with Gasteiger partial charge in [0.05, 0.1) is 18.6 Å². The molecule has 0 fully saturated rings. The number of sulfonamides is 1. The molecule has 0 saturated carbocycles. The quantitative estimate of drug-likeness (QED) is 0.285. The Morgan fingerprint density at radius 3 is 2.13 bits per heavy atom. The third kappa shape index (κ3) is 9.58. The number of nitrogens with zero attached hydrogens (tertiary/aromatic N) is 2. The minimum Gasteiger partial charge on any atom is -0.494 e. The van der Waals surface area contributed by atoms with Gasteiger partial charge in [0.1, 0.15) is 11.8 Å². The summed E-state index contributed by atoms with van der Waals surface area (Å²) >= 11 is 12.8. The van der Waals surface area contributed by atoms with Crippen LogP contribution in [0, 0.1) is 0 Å². The number of benzene rings is 2. The fourth-order valence-electron chi connectivity index (χ4n) is 4.09. The highest BCUT2D eigenvalue weighted by molar-refractivity contribution is 7.92. The molecule has 216 valence electrons. The summed E-state index contributed by atoms with van der Waals surface area (Å²) in [4.78, 5) is 28.2. The normalized spacial score (nSPS) is 12.9. The van der Waals surface area contributed by atoms with E-state index in [-0.39, 0.29) is 43.8 Å². The number of hydrogen-bond donors (Lipinski definition) is 1. The zero-order valence-electron chi connectivity index (χ0n) is 23.2. The molecule has 0 radical (unpaired) electrons. The van der Waals surface area contributed by atoms with Crippen LogP contribution < -0.4 is 14.4 Å². The lowest BCUT2D eigenvalue weighted by molar-refractivity contribution is -0.141. The molecule has 0 saturated heterocycles. The molecule has 1 N–H and O–H groups in total. The second kappa shape index (κ2) is 15.3. The maximum Gasteiger partial charge on any atom is 0.243 e. The van der Waals surface area contributed by atoms with Crippen molar-refractivity contribution in [2.45, 2.75) is 72.0 Å². The maximum absolute atomic E-state index is 13.6. The van der Waals surface area contributed by atoms with E-state index in [1.807, 2.05) is 27.7 Å². The number of anilines is 1. The Morgan fingerprint density at radius 1 is 1.00 bits per heavy atom. The Bertz CT molecular complexity index is 1190. The lowest BCUT2D eigenvalue weighted by Gasteiger charge is -2.32. The van der Waals surface area contributed by atoms with Crippen LogP contribution in [-0.2, 0) is 26.2 Å². The Kier molecular flexibility index (Phi) is 12.9. The van der Waals surface area contributed by atoms with Crippen molar-refractivity contribution in [3.05, 3.63) is 58.1 Å². The molecule has 2 amide bonds. The molecule has 0 aliphatic carbocycles. The van der Waals surface area contributed by atoms with Gasteiger partial charge in [0.15, 0.2) is 0 Å². The predicted octanol–water partition coefficient (Wildman–Crippen LogP) is 5.66. The van der Waals surface area contributed by atoms with Crippen LogP contribution in [0.25, 0.3) is 0 Å². The summed E-state index contributed by atoms with van der Waals surface area (Å²) in [6, 6.07) is 11.1. The van der Waals surface area contributed by atoms with Crippen molar-refractivity contribution in [2.24, 2.45) is 0 Å². The van der Waals surface area contributed by atoms with Gasteiger partial charge in [0.25, 0.3) is 0 Å². The molecule has 2 aromatic rings. The highest BCUT2D eigenvalue weighted by atomic mass is 35.5. The molecule has 2 aromatic carbocycles. The SMILES string of the molecule is CCOc1ccc(N(CCCC(=O)N(Cc2c(Cl)cccc2Cl)[C@H](CC)C(=O)N[C@H](C)CC)S(C)(=O)=O)cc1. The van der Waals surface area contributed by atoms with Gasteiger partial charge in [-0.2, -0.15) is 0 Å². The van der Waals surface area contributed by atoms with Gasteiger partial charge in [0.2, 0.25) is 21.8 Å². The molecule has 2 rings (SSSR count). The lowest BCUT2D eigenvalue weighted by atomic mass is 10.1. The van der Waals surface area contributed by atoms with Crippen LogP contribution in [0.1, 0.15) is 58.9 Å². The summed E-state index contributed by atoms with van der Waals surface area (Å²) in [7, 11) is -3.60. The molecule has 0 aliphatic rings. The zero-order valence-corrected chi connectivity index (χ0v) is 25.6. The molecule has 39 heavy (non-hydrogen) atoms. The van der Waals surface area contributed by atoms with Crippen molar-refractivity contribution >= 4 is 50.7 Å². The van der Waals surface area contributed by atoms with Crippen molar-refractivity contribution in [3.8, 4) is 5.75 Å². The predicted molar refractivity (Wildman–Crippen MR) is 158 cm³/mol. The van der Waals surface area contributed by atoms with Crippen LogP contribution in [0.5, 0.6) is 5.75 Å². The van der Waals surface area contributed by atoms with Crippen molar-refractivity contribution < 1.29 is 22.7 Å². The Labute approximate surface area is 242 Å². The first-order chi connectivity index (χ1) is 18.4. The molecular formula is C28H39Cl2N3O5S. The summed E-state index contributed by atoms with van der Waals surface area (Å²) < 4.78 is 31.8. The van der Waals surface area contributed by atoms with E-state index in [4.69, 9.17) is 27.9 Å². The molecule has 0 aromatic heterocycles. The van der Waals surface area contributed by atoms with Gasteiger partial charge in [-0.15, -0.1) is 0 Å². The molecule has 0 spiro atoms. The molecule has 11 heteroatoms. The Balaban J connectivity index is 2.26. The van der Waals surface area contributed by atoms with E-state index in [1.54, 1.807) is 42.5 Å². The number of carbonyl (C=O) groups excluding carboxylic acids is 2. The maximum atomic E-state index is 13.6. The van der Waals surface area contributed by atoms with Crippen LogP contribution in [-0.4, -0.2) is 56.6 Å². The van der Waals surface area contributed by atoms with Gasteiger partial charge < -0.3 is 15.0 Å². The first kappa shape index (κ1) is 32.7. The van der Waals surface area contributed by atoms with Crippen LogP contribution in [0.4, 0.5) is 5.69 Å². The van der Waals surface area contributed by atoms with Gasteiger partial charge in [-0.3, -0.25) is 13.9 Å². The largest absolute Gasteiger partial charge is 0.494 e. The zero-order chi connectivity index (χ0) is 29.2. The van der Waals surface area contributed by atoms with Crippen molar-refractivity contribution in [2.75, 3.05) is 23.7 Å². The molecule has 0 heterocycles. The molecule has 2 atom stereocenters. The van der Waals surface area contributed by atoms with Crippen LogP contribution in [0.2, 0.25) is 10.0 Å². The first-order valence-corrected chi connectivity index (χ1v) is 15.8. The number of carbonyl (C=O) groups is 2. The van der Waals surface area contributed by atoms with Gasteiger partial charge in [-0.1, -0.05) is 43.1 Å². The third-order valence-corrected chi connectivity index (χ3v) is 8.27. The fourth-order valence-corrected chi connectivity index (χ4v) is 5.58. The second-order valence-electron chi connectivity index (χ2n) is 9.33. The molecular weight excluding hydrogens is 561 g/mol. The van der Waals surface area contributed by atoms with E-state index < -0.39 is 16.1 Å². The fraction of sp³-hybridized carbons (Fsp3) is 0.500. The van der Waals surface area contributed by atoms with E-state index in [2.05, 4.69) is 5.32 Å². The number of halogens is 2. The highest BCUT2D eigenvalue weighted by Crippen LogP contribution is 2.28. The average Bonchev–Trinajstić information content (AvgIpc) is 2.88. The van der Waals surface area contributed by atoms with Crippen molar-refractivity contribution in [1.82, 2.24) is 10.2 Å². The first-order valence-electron chi connectivity index (χ1n) is 13.2. The van der Waals surface area contributed by atoms with E-state index in [1.165, 1.54) is 9.21 Å². The van der Waals surface area contributed by atoms with Crippen LogP contribution in [0.3, 0.4) is 0 Å². The summed E-state index contributed by atoms with van der Waals surface area (Å²) in [6.45, 7) is 8.23. The van der Waals surface area contributed by atoms with Gasteiger partial charge >= 0.3 is 0 Å². The summed E-state index contributed by atoms with van der Waals surface area (Å²) in [5.41, 5.74) is 1.03. The average molecular weight is 601 g/mol. The molecule has 0 unspecified atom stereocenters. The van der Waals surface area contributed by atoms with E-state index in [9.17, 15) is 18.0 Å². The minimum absolute atomic E-state index is 0.0260. The summed E-state index contributed by atoms with van der Waals surface area (Å²) in [6.07, 6.45) is 2.54. The van der Waals surface area contributed by atoms with E-state index in [0.717, 1.165) is 12.7 Å².